The number of aromatic carboxylic acids is 1. The number of rotatable bonds is 6. The Hall–Kier alpha value is -2.64. The molecule has 1 aromatic carbocycles. The number of hydrogen-bond acceptors (Lipinski definition) is 5. The summed E-state index contributed by atoms with van der Waals surface area (Å²) in [6.45, 7) is 3.58. The fourth-order valence-corrected chi connectivity index (χ4v) is 1.63. The second-order valence-electron chi connectivity index (χ2n) is 4.14. The molecule has 0 heterocycles. The highest BCUT2D eigenvalue weighted by Crippen LogP contribution is 2.27. The molecule has 8 nitrogen and oxygen atoms in total. The van der Waals surface area contributed by atoms with Crippen molar-refractivity contribution in [2.45, 2.75) is 13.8 Å². The van der Waals surface area contributed by atoms with Gasteiger partial charge in [0.25, 0.3) is 5.69 Å². The van der Waals surface area contributed by atoms with E-state index < -0.39 is 10.9 Å². The third kappa shape index (κ3) is 3.94. The molecule has 0 fully saturated rings. The van der Waals surface area contributed by atoms with Crippen molar-refractivity contribution >= 4 is 23.3 Å². The lowest BCUT2D eigenvalue weighted by Crippen LogP contribution is -2.26. The van der Waals surface area contributed by atoms with Crippen LogP contribution in [0.15, 0.2) is 12.1 Å². The van der Waals surface area contributed by atoms with Gasteiger partial charge in [-0.3, -0.25) is 14.9 Å². The van der Waals surface area contributed by atoms with Gasteiger partial charge in [-0.25, -0.2) is 4.79 Å². The van der Waals surface area contributed by atoms with Gasteiger partial charge in [-0.15, -0.1) is 0 Å². The molecule has 0 unspecified atom stereocenters. The lowest BCUT2D eigenvalue weighted by atomic mass is 10.1. The Morgan fingerprint density at radius 2 is 2.00 bits per heavy atom. The smallest absolute Gasteiger partial charge is 0.336 e. The van der Waals surface area contributed by atoms with Crippen LogP contribution >= 0.6 is 0 Å². The molecule has 108 valence electrons. The normalized spacial score (nSPS) is 9.90. The van der Waals surface area contributed by atoms with E-state index >= 15 is 0 Å². The summed E-state index contributed by atoms with van der Waals surface area (Å²) in [6, 6.07) is 2.36. The fourth-order valence-electron chi connectivity index (χ4n) is 1.63. The van der Waals surface area contributed by atoms with Crippen LogP contribution in [0.3, 0.4) is 0 Å². The summed E-state index contributed by atoms with van der Waals surface area (Å²) in [4.78, 5) is 31.9. The fraction of sp³-hybridized carbons (Fsp3) is 0.333. The van der Waals surface area contributed by atoms with Gasteiger partial charge in [0.2, 0.25) is 5.91 Å². The number of nitrogens with one attached hydrogen (secondary N) is 2. The summed E-state index contributed by atoms with van der Waals surface area (Å²) in [7, 11) is 0. The summed E-state index contributed by atoms with van der Waals surface area (Å²) >= 11 is 0. The Balaban J connectivity index is 2.96. The number of nitrogens with zero attached hydrogens (tertiary/aromatic N) is 1. The van der Waals surface area contributed by atoms with Crippen LogP contribution in [0, 0.1) is 17.0 Å². The number of carbonyl (C=O) groups excluding carboxylic acids is 1. The highest BCUT2D eigenvalue weighted by atomic mass is 16.6. The van der Waals surface area contributed by atoms with Crippen LogP contribution in [0.25, 0.3) is 0 Å². The van der Waals surface area contributed by atoms with Gasteiger partial charge in [0.1, 0.15) is 0 Å². The lowest BCUT2D eigenvalue weighted by Gasteiger charge is -2.11. The predicted molar refractivity (Wildman–Crippen MR) is 72.0 cm³/mol. The Labute approximate surface area is 114 Å². The first-order chi connectivity index (χ1) is 9.32. The summed E-state index contributed by atoms with van der Waals surface area (Å²) in [5.41, 5.74) is 0.293. The molecule has 0 aliphatic heterocycles. The standard InChI is InChI=1S/C12H15N3O5/c1-7-10(14-4-3-13-8(2)16)5-9(12(17)18)6-11(7)15(19)20/h5-6,14H,3-4H2,1-2H3,(H,13,16)(H,17,18). The van der Waals surface area contributed by atoms with Crippen LogP contribution in [0.1, 0.15) is 22.8 Å². The third-order valence-corrected chi connectivity index (χ3v) is 2.64. The van der Waals surface area contributed by atoms with Crippen LogP contribution in [0.5, 0.6) is 0 Å². The maximum absolute atomic E-state index is 11.0. The Bertz CT molecular complexity index is 556. The molecule has 1 aromatic rings. The monoisotopic (exact) mass is 281 g/mol. The summed E-state index contributed by atoms with van der Waals surface area (Å²) < 4.78 is 0. The molecular formula is C12H15N3O5. The number of carboxylic acid groups (broad SMARTS) is 1. The summed E-state index contributed by atoms with van der Waals surface area (Å²) in [5.74, 6) is -1.42. The summed E-state index contributed by atoms with van der Waals surface area (Å²) in [6.07, 6.45) is 0. The Morgan fingerprint density at radius 3 is 2.50 bits per heavy atom. The minimum Gasteiger partial charge on any atom is -0.478 e. The van der Waals surface area contributed by atoms with E-state index in [1.165, 1.54) is 19.9 Å². The molecular weight excluding hydrogens is 266 g/mol. The molecule has 8 heteroatoms. The van der Waals surface area contributed by atoms with E-state index in [9.17, 15) is 19.7 Å². The molecule has 20 heavy (non-hydrogen) atoms. The number of carboxylic acids is 1. The van der Waals surface area contributed by atoms with Crippen molar-refractivity contribution in [3.8, 4) is 0 Å². The van der Waals surface area contributed by atoms with Crippen molar-refractivity contribution in [2.75, 3.05) is 18.4 Å². The van der Waals surface area contributed by atoms with Gasteiger partial charge in [-0.1, -0.05) is 0 Å². The van der Waals surface area contributed by atoms with E-state index in [4.69, 9.17) is 5.11 Å². The molecule has 0 spiro atoms. The Morgan fingerprint density at radius 1 is 1.35 bits per heavy atom. The number of hydrogen-bond donors (Lipinski definition) is 3. The van der Waals surface area contributed by atoms with Gasteiger partial charge in [0.05, 0.1) is 10.5 Å². The predicted octanol–water partition coefficient (Wildman–Crippen LogP) is 1.15. The van der Waals surface area contributed by atoms with E-state index in [-0.39, 0.29) is 17.2 Å². The molecule has 0 radical (unpaired) electrons. The van der Waals surface area contributed by atoms with Gasteiger partial charge in [0, 0.05) is 37.3 Å². The highest BCUT2D eigenvalue weighted by Gasteiger charge is 2.18. The molecule has 0 aromatic heterocycles. The molecule has 0 bridgehead atoms. The average molecular weight is 281 g/mol. The zero-order chi connectivity index (χ0) is 15.3. The molecule has 3 N–H and O–H groups in total. The zero-order valence-corrected chi connectivity index (χ0v) is 11.1. The van der Waals surface area contributed by atoms with Crippen molar-refractivity contribution in [3.05, 3.63) is 33.4 Å². The van der Waals surface area contributed by atoms with Crippen LogP contribution in [-0.4, -0.2) is 35.0 Å². The second kappa shape index (κ2) is 6.50. The van der Waals surface area contributed by atoms with Gasteiger partial charge < -0.3 is 15.7 Å². The van der Waals surface area contributed by atoms with Crippen LogP contribution in [0.2, 0.25) is 0 Å². The average Bonchev–Trinajstić information content (AvgIpc) is 2.35. The molecule has 1 amide bonds. The highest BCUT2D eigenvalue weighted by molar-refractivity contribution is 5.90. The van der Waals surface area contributed by atoms with Gasteiger partial charge in [0.15, 0.2) is 0 Å². The van der Waals surface area contributed by atoms with Crippen molar-refractivity contribution < 1.29 is 19.6 Å². The minimum atomic E-state index is -1.24. The largest absolute Gasteiger partial charge is 0.478 e. The number of carbonyl (C=O) groups is 2. The van der Waals surface area contributed by atoms with E-state index in [0.29, 0.717) is 24.3 Å². The molecule has 0 aliphatic carbocycles. The lowest BCUT2D eigenvalue weighted by molar-refractivity contribution is -0.385. The van der Waals surface area contributed by atoms with E-state index in [1.807, 2.05) is 0 Å². The quantitative estimate of drug-likeness (QED) is 0.408. The van der Waals surface area contributed by atoms with Crippen LogP contribution in [0.4, 0.5) is 11.4 Å². The van der Waals surface area contributed by atoms with Crippen molar-refractivity contribution in [2.24, 2.45) is 0 Å². The second-order valence-corrected chi connectivity index (χ2v) is 4.14. The maximum atomic E-state index is 11.0. The summed E-state index contributed by atoms with van der Waals surface area (Å²) in [5, 5.41) is 25.3. The number of nitro groups is 1. The Kier molecular flexibility index (Phi) is 5.01. The van der Waals surface area contributed by atoms with Gasteiger partial charge >= 0.3 is 5.97 Å². The number of benzene rings is 1. The molecule has 0 atom stereocenters. The van der Waals surface area contributed by atoms with Crippen LogP contribution < -0.4 is 10.6 Å². The van der Waals surface area contributed by atoms with Crippen molar-refractivity contribution in [3.63, 3.8) is 0 Å². The molecule has 0 aliphatic rings. The molecule has 0 saturated carbocycles. The van der Waals surface area contributed by atoms with Gasteiger partial charge in [-0.2, -0.15) is 0 Å². The third-order valence-electron chi connectivity index (χ3n) is 2.64. The molecule has 1 rings (SSSR count). The first-order valence-electron chi connectivity index (χ1n) is 5.83. The number of anilines is 1. The van der Waals surface area contributed by atoms with E-state index in [2.05, 4.69) is 10.6 Å². The van der Waals surface area contributed by atoms with Crippen molar-refractivity contribution in [1.82, 2.24) is 5.32 Å². The van der Waals surface area contributed by atoms with Crippen molar-refractivity contribution in [1.29, 1.82) is 0 Å². The van der Waals surface area contributed by atoms with Crippen LogP contribution in [-0.2, 0) is 4.79 Å². The topological polar surface area (TPSA) is 122 Å². The number of amides is 1. The zero-order valence-electron chi connectivity index (χ0n) is 11.1. The van der Waals surface area contributed by atoms with E-state index in [1.54, 1.807) is 0 Å². The number of nitro benzene ring substituents is 1. The first kappa shape index (κ1) is 15.4. The maximum Gasteiger partial charge on any atom is 0.336 e. The minimum absolute atomic E-state index is 0.163. The van der Waals surface area contributed by atoms with E-state index in [0.717, 1.165) is 6.07 Å². The van der Waals surface area contributed by atoms with Gasteiger partial charge in [-0.05, 0) is 13.0 Å². The first-order valence-corrected chi connectivity index (χ1v) is 5.83. The molecule has 0 saturated heterocycles. The SMILES string of the molecule is CC(=O)NCCNc1cc(C(=O)O)cc([N+](=O)[O-])c1C.